The van der Waals surface area contributed by atoms with Gasteiger partial charge < -0.3 is 19.7 Å². The molecule has 0 radical (unpaired) electrons. The topological polar surface area (TPSA) is 67.9 Å². The average Bonchev–Trinajstić information content (AvgIpc) is 2.42. The molecule has 0 bridgehead atoms. The van der Waals surface area contributed by atoms with Crippen molar-refractivity contribution in [2.45, 2.75) is 65.1 Å². The number of rotatable bonds is 5. The number of hydrogen-bond acceptors (Lipinski definition) is 4. The SMILES string of the molecule is CCCNC(=O)COC1(C)CCN(C(=O)OC(C)(C)C)CC1. The predicted molar refractivity (Wildman–Crippen MR) is 84.7 cm³/mol. The van der Waals surface area contributed by atoms with Crippen LogP contribution >= 0.6 is 0 Å². The lowest BCUT2D eigenvalue weighted by Gasteiger charge is -2.39. The quantitative estimate of drug-likeness (QED) is 0.845. The summed E-state index contributed by atoms with van der Waals surface area (Å²) < 4.78 is 11.1. The van der Waals surface area contributed by atoms with E-state index in [0.717, 1.165) is 6.42 Å². The summed E-state index contributed by atoms with van der Waals surface area (Å²) in [5, 5.41) is 2.79. The first-order valence-corrected chi connectivity index (χ1v) is 8.04. The van der Waals surface area contributed by atoms with Crippen LogP contribution in [-0.2, 0) is 14.3 Å². The molecule has 22 heavy (non-hydrogen) atoms. The zero-order valence-corrected chi connectivity index (χ0v) is 14.5. The molecule has 0 aromatic rings. The normalized spacial score (nSPS) is 18.0. The van der Waals surface area contributed by atoms with Gasteiger partial charge in [-0.2, -0.15) is 0 Å². The molecule has 0 aromatic carbocycles. The smallest absolute Gasteiger partial charge is 0.410 e. The van der Waals surface area contributed by atoms with Crippen LogP contribution in [0.5, 0.6) is 0 Å². The molecule has 1 fully saturated rings. The van der Waals surface area contributed by atoms with Gasteiger partial charge in [0.1, 0.15) is 12.2 Å². The number of carbonyl (C=O) groups excluding carboxylic acids is 2. The van der Waals surface area contributed by atoms with E-state index in [1.807, 2.05) is 34.6 Å². The fraction of sp³-hybridized carbons (Fsp3) is 0.875. The van der Waals surface area contributed by atoms with Gasteiger partial charge in [-0.3, -0.25) is 4.79 Å². The second-order valence-corrected chi connectivity index (χ2v) is 7.06. The van der Waals surface area contributed by atoms with E-state index in [9.17, 15) is 9.59 Å². The summed E-state index contributed by atoms with van der Waals surface area (Å²) in [6, 6.07) is 0. The summed E-state index contributed by atoms with van der Waals surface area (Å²) in [5.41, 5.74) is -0.840. The predicted octanol–water partition coefficient (Wildman–Crippen LogP) is 2.32. The number of hydrogen-bond donors (Lipinski definition) is 1. The molecule has 6 nitrogen and oxygen atoms in total. The van der Waals surface area contributed by atoms with E-state index >= 15 is 0 Å². The van der Waals surface area contributed by atoms with Crippen LogP contribution in [0.3, 0.4) is 0 Å². The fourth-order valence-electron chi connectivity index (χ4n) is 2.19. The van der Waals surface area contributed by atoms with Crippen molar-refractivity contribution in [1.29, 1.82) is 0 Å². The first-order chi connectivity index (χ1) is 10.2. The van der Waals surface area contributed by atoms with Crippen LogP contribution < -0.4 is 5.32 Å². The highest BCUT2D eigenvalue weighted by Crippen LogP contribution is 2.26. The standard InChI is InChI=1S/C16H30N2O4/c1-6-9-17-13(19)12-21-16(5)7-10-18(11-8-16)14(20)22-15(2,3)4/h6-12H2,1-5H3,(H,17,19). The Balaban J connectivity index is 2.36. The molecule has 0 saturated carbocycles. The molecule has 1 aliphatic heterocycles. The lowest BCUT2D eigenvalue weighted by molar-refractivity contribution is -0.135. The van der Waals surface area contributed by atoms with Crippen LogP contribution in [0, 0.1) is 0 Å². The van der Waals surface area contributed by atoms with E-state index in [1.54, 1.807) is 4.90 Å². The molecular weight excluding hydrogens is 284 g/mol. The van der Waals surface area contributed by atoms with Gasteiger partial charge in [0.25, 0.3) is 0 Å². The van der Waals surface area contributed by atoms with Crippen LogP contribution in [0.2, 0.25) is 0 Å². The Morgan fingerprint density at radius 2 is 1.82 bits per heavy atom. The van der Waals surface area contributed by atoms with Crippen LogP contribution in [0.1, 0.15) is 53.9 Å². The minimum atomic E-state index is -0.480. The summed E-state index contributed by atoms with van der Waals surface area (Å²) in [7, 11) is 0. The van der Waals surface area contributed by atoms with E-state index < -0.39 is 5.60 Å². The number of nitrogens with zero attached hydrogens (tertiary/aromatic N) is 1. The van der Waals surface area contributed by atoms with E-state index in [-0.39, 0.29) is 24.2 Å². The summed E-state index contributed by atoms with van der Waals surface area (Å²) in [5.74, 6) is -0.0855. The Morgan fingerprint density at radius 3 is 2.32 bits per heavy atom. The van der Waals surface area contributed by atoms with Gasteiger partial charge in [-0.15, -0.1) is 0 Å². The van der Waals surface area contributed by atoms with Gasteiger partial charge in [-0.1, -0.05) is 6.92 Å². The summed E-state index contributed by atoms with van der Waals surface area (Å²) in [6.07, 6.45) is 2.03. The first kappa shape index (κ1) is 18.7. The number of carbonyl (C=O) groups is 2. The summed E-state index contributed by atoms with van der Waals surface area (Å²) >= 11 is 0. The molecular formula is C16H30N2O4. The zero-order valence-electron chi connectivity index (χ0n) is 14.5. The highest BCUT2D eigenvalue weighted by molar-refractivity contribution is 5.77. The van der Waals surface area contributed by atoms with E-state index in [1.165, 1.54) is 0 Å². The molecule has 0 spiro atoms. The third-order valence-electron chi connectivity index (χ3n) is 3.60. The Labute approximate surface area is 133 Å². The van der Waals surface area contributed by atoms with E-state index in [2.05, 4.69) is 5.32 Å². The van der Waals surface area contributed by atoms with Crippen molar-refractivity contribution >= 4 is 12.0 Å². The molecule has 1 heterocycles. The van der Waals surface area contributed by atoms with E-state index in [4.69, 9.17) is 9.47 Å². The summed E-state index contributed by atoms with van der Waals surface area (Å²) in [4.78, 5) is 25.3. The van der Waals surface area contributed by atoms with Gasteiger partial charge in [-0.05, 0) is 47.0 Å². The van der Waals surface area contributed by atoms with Crippen LogP contribution in [0.25, 0.3) is 0 Å². The van der Waals surface area contributed by atoms with Crippen molar-refractivity contribution < 1.29 is 19.1 Å². The Kier molecular flexibility index (Phi) is 6.66. The highest BCUT2D eigenvalue weighted by Gasteiger charge is 2.34. The van der Waals surface area contributed by atoms with Gasteiger partial charge in [0, 0.05) is 19.6 Å². The van der Waals surface area contributed by atoms with Crippen molar-refractivity contribution in [2.75, 3.05) is 26.2 Å². The molecule has 1 saturated heterocycles. The monoisotopic (exact) mass is 314 g/mol. The van der Waals surface area contributed by atoms with Crippen LogP contribution in [-0.4, -0.2) is 54.3 Å². The van der Waals surface area contributed by atoms with Gasteiger partial charge in [0.2, 0.25) is 5.91 Å². The molecule has 2 amide bonds. The van der Waals surface area contributed by atoms with Crippen molar-refractivity contribution in [3.63, 3.8) is 0 Å². The molecule has 1 aliphatic rings. The third-order valence-corrected chi connectivity index (χ3v) is 3.60. The fourth-order valence-corrected chi connectivity index (χ4v) is 2.19. The number of ether oxygens (including phenoxy) is 2. The Hall–Kier alpha value is -1.30. The molecule has 1 N–H and O–H groups in total. The highest BCUT2D eigenvalue weighted by atomic mass is 16.6. The summed E-state index contributed by atoms with van der Waals surface area (Å²) in [6.45, 7) is 11.5. The number of amides is 2. The minimum absolute atomic E-state index is 0.0724. The average molecular weight is 314 g/mol. The molecule has 0 aliphatic carbocycles. The third kappa shape index (κ3) is 6.64. The lowest BCUT2D eigenvalue weighted by atomic mass is 9.93. The van der Waals surface area contributed by atoms with Gasteiger partial charge in [0.15, 0.2) is 0 Å². The molecule has 128 valence electrons. The molecule has 0 unspecified atom stereocenters. The van der Waals surface area contributed by atoms with Crippen molar-refractivity contribution in [3.8, 4) is 0 Å². The number of nitrogens with one attached hydrogen (secondary N) is 1. The van der Waals surface area contributed by atoms with Crippen molar-refractivity contribution in [2.24, 2.45) is 0 Å². The molecule has 6 heteroatoms. The minimum Gasteiger partial charge on any atom is -0.444 e. The molecule has 0 aromatic heterocycles. The van der Waals surface area contributed by atoms with Gasteiger partial charge in [0.05, 0.1) is 5.60 Å². The molecule has 0 atom stereocenters. The second kappa shape index (κ2) is 7.81. The number of likely N-dealkylation sites (tertiary alicyclic amines) is 1. The number of piperidine rings is 1. The van der Waals surface area contributed by atoms with Crippen LogP contribution in [0.15, 0.2) is 0 Å². The Morgan fingerprint density at radius 1 is 1.23 bits per heavy atom. The first-order valence-electron chi connectivity index (χ1n) is 8.04. The van der Waals surface area contributed by atoms with E-state index in [0.29, 0.717) is 32.5 Å². The largest absolute Gasteiger partial charge is 0.444 e. The van der Waals surface area contributed by atoms with Crippen molar-refractivity contribution in [3.05, 3.63) is 0 Å². The van der Waals surface area contributed by atoms with Crippen LogP contribution in [0.4, 0.5) is 4.79 Å². The maximum absolute atomic E-state index is 12.0. The van der Waals surface area contributed by atoms with Gasteiger partial charge >= 0.3 is 6.09 Å². The maximum Gasteiger partial charge on any atom is 0.410 e. The lowest BCUT2D eigenvalue weighted by Crippen LogP contribution is -2.48. The van der Waals surface area contributed by atoms with Crippen molar-refractivity contribution in [1.82, 2.24) is 10.2 Å². The Bertz CT molecular complexity index is 382. The molecule has 1 rings (SSSR count). The second-order valence-electron chi connectivity index (χ2n) is 7.06. The maximum atomic E-state index is 12.0. The van der Waals surface area contributed by atoms with Gasteiger partial charge in [-0.25, -0.2) is 4.79 Å². The zero-order chi connectivity index (χ0) is 16.8.